The summed E-state index contributed by atoms with van der Waals surface area (Å²) >= 11 is 0. The number of aromatic nitrogens is 4. The fourth-order valence-corrected chi connectivity index (χ4v) is 2.33. The summed E-state index contributed by atoms with van der Waals surface area (Å²) in [6.45, 7) is 9.80. The van der Waals surface area contributed by atoms with Gasteiger partial charge in [-0.3, -0.25) is 14.0 Å². The van der Waals surface area contributed by atoms with Crippen molar-refractivity contribution in [1.82, 2.24) is 29.5 Å². The monoisotopic (exact) mass is 292 g/mol. The molecule has 0 saturated carbocycles. The molecule has 2 aromatic rings. The highest BCUT2D eigenvalue weighted by molar-refractivity contribution is 5.72. The van der Waals surface area contributed by atoms with Crippen LogP contribution in [0.15, 0.2) is 17.3 Å². The zero-order valence-electron chi connectivity index (χ0n) is 13.0. The molecule has 2 rings (SSSR count). The van der Waals surface area contributed by atoms with Gasteiger partial charge in [0, 0.05) is 33.2 Å². The number of fused-ring (bicyclic) bond motifs is 1. The van der Waals surface area contributed by atoms with Gasteiger partial charge in [0.25, 0.3) is 5.56 Å². The summed E-state index contributed by atoms with van der Waals surface area (Å²) in [6, 6.07) is 0. The maximum absolute atomic E-state index is 12.2. The number of hydrogen-bond acceptors (Lipinski definition) is 5. The van der Waals surface area contributed by atoms with Crippen molar-refractivity contribution in [1.29, 1.82) is 0 Å². The van der Waals surface area contributed by atoms with Crippen LogP contribution in [0.5, 0.6) is 0 Å². The van der Waals surface area contributed by atoms with Gasteiger partial charge in [0.2, 0.25) is 0 Å². The highest BCUT2D eigenvalue weighted by atomic mass is 16.1. The molecule has 0 saturated heterocycles. The average molecular weight is 292 g/mol. The van der Waals surface area contributed by atoms with Crippen LogP contribution in [0, 0.1) is 0 Å². The molecule has 0 aliphatic heterocycles. The minimum atomic E-state index is -0.0290. The second-order valence-electron chi connectivity index (χ2n) is 5.03. The van der Waals surface area contributed by atoms with Gasteiger partial charge in [0.05, 0.1) is 6.20 Å². The van der Waals surface area contributed by atoms with E-state index in [0.29, 0.717) is 17.6 Å². The molecule has 0 spiro atoms. The van der Waals surface area contributed by atoms with Crippen LogP contribution in [0.4, 0.5) is 0 Å². The molecular weight excluding hydrogens is 268 g/mol. The topological polar surface area (TPSA) is 68.0 Å². The first-order valence-electron chi connectivity index (χ1n) is 7.47. The molecule has 2 aromatic heterocycles. The van der Waals surface area contributed by atoms with Crippen molar-refractivity contribution in [3.05, 3.63) is 22.9 Å². The summed E-state index contributed by atoms with van der Waals surface area (Å²) < 4.78 is 3.25. The Bertz CT molecular complexity index is 628. The number of hydrogen-bond donors (Lipinski definition) is 1. The second kappa shape index (κ2) is 7.33. The van der Waals surface area contributed by atoms with Gasteiger partial charge in [-0.2, -0.15) is 5.10 Å². The Morgan fingerprint density at radius 1 is 1.29 bits per heavy atom. The minimum Gasteiger partial charge on any atom is -0.314 e. The van der Waals surface area contributed by atoms with Crippen LogP contribution in [-0.4, -0.2) is 57.0 Å². The lowest BCUT2D eigenvalue weighted by Gasteiger charge is -2.18. The van der Waals surface area contributed by atoms with Crippen molar-refractivity contribution in [2.75, 3.05) is 32.7 Å². The Kier molecular flexibility index (Phi) is 5.46. The van der Waals surface area contributed by atoms with E-state index in [4.69, 9.17) is 0 Å². The summed E-state index contributed by atoms with van der Waals surface area (Å²) in [6.07, 6.45) is 3.17. The van der Waals surface area contributed by atoms with Gasteiger partial charge in [-0.25, -0.2) is 4.98 Å². The van der Waals surface area contributed by atoms with Crippen LogP contribution < -0.4 is 10.9 Å². The third-order valence-electron chi connectivity index (χ3n) is 3.75. The van der Waals surface area contributed by atoms with E-state index in [2.05, 4.69) is 34.1 Å². The standard InChI is InChI=1S/C14H24N6O/c1-4-19(5-2)8-6-15-7-9-20-11-16-13-12(14(20)21)10-17-18(13)3/h10-11,15H,4-9H2,1-3H3. The van der Waals surface area contributed by atoms with Gasteiger partial charge >= 0.3 is 0 Å². The number of likely N-dealkylation sites (N-methyl/N-ethyl adjacent to an activating group) is 1. The minimum absolute atomic E-state index is 0.0290. The molecule has 7 nitrogen and oxygen atoms in total. The quantitative estimate of drug-likeness (QED) is 0.697. The van der Waals surface area contributed by atoms with Gasteiger partial charge in [0.1, 0.15) is 11.7 Å². The zero-order chi connectivity index (χ0) is 15.2. The van der Waals surface area contributed by atoms with E-state index in [0.717, 1.165) is 32.7 Å². The van der Waals surface area contributed by atoms with E-state index in [9.17, 15) is 4.79 Å². The van der Waals surface area contributed by atoms with Crippen molar-refractivity contribution in [3.8, 4) is 0 Å². The Morgan fingerprint density at radius 3 is 2.76 bits per heavy atom. The third-order valence-corrected chi connectivity index (χ3v) is 3.75. The molecule has 0 aliphatic rings. The molecule has 0 bridgehead atoms. The summed E-state index contributed by atoms with van der Waals surface area (Å²) in [5, 5.41) is 8.00. The molecule has 1 N–H and O–H groups in total. The SMILES string of the molecule is CCN(CC)CCNCCn1cnc2c(cnn2C)c1=O. The largest absolute Gasteiger partial charge is 0.314 e. The number of nitrogens with one attached hydrogen (secondary N) is 1. The number of aryl methyl sites for hydroxylation is 1. The van der Waals surface area contributed by atoms with Crippen LogP contribution in [0.1, 0.15) is 13.8 Å². The normalized spacial score (nSPS) is 11.6. The molecule has 0 fully saturated rings. The zero-order valence-corrected chi connectivity index (χ0v) is 13.0. The van der Waals surface area contributed by atoms with E-state index in [1.165, 1.54) is 0 Å². The number of rotatable bonds is 8. The predicted octanol–water partition coefficient (Wildman–Crippen LogP) is 0.0614. The van der Waals surface area contributed by atoms with Crippen LogP contribution in [0.2, 0.25) is 0 Å². The smallest absolute Gasteiger partial charge is 0.264 e. The second-order valence-corrected chi connectivity index (χ2v) is 5.03. The van der Waals surface area contributed by atoms with Crippen LogP contribution in [-0.2, 0) is 13.6 Å². The molecule has 116 valence electrons. The Labute approximate surface area is 124 Å². The fourth-order valence-electron chi connectivity index (χ4n) is 2.33. The van der Waals surface area contributed by atoms with E-state index >= 15 is 0 Å². The molecule has 0 aliphatic carbocycles. The first-order valence-corrected chi connectivity index (χ1v) is 7.47. The van der Waals surface area contributed by atoms with Gasteiger partial charge in [-0.15, -0.1) is 0 Å². The first kappa shape index (κ1) is 15.7. The molecule has 2 heterocycles. The molecular formula is C14H24N6O. The third kappa shape index (κ3) is 3.68. The average Bonchev–Trinajstić information content (AvgIpc) is 2.87. The molecule has 0 unspecified atom stereocenters. The Morgan fingerprint density at radius 2 is 2.05 bits per heavy atom. The number of nitrogens with zero attached hydrogens (tertiary/aromatic N) is 5. The highest BCUT2D eigenvalue weighted by Crippen LogP contribution is 2.02. The van der Waals surface area contributed by atoms with Crippen molar-refractivity contribution in [2.24, 2.45) is 7.05 Å². The molecule has 0 radical (unpaired) electrons. The van der Waals surface area contributed by atoms with Gasteiger partial charge in [-0.1, -0.05) is 13.8 Å². The van der Waals surface area contributed by atoms with Crippen molar-refractivity contribution in [3.63, 3.8) is 0 Å². The summed E-state index contributed by atoms with van der Waals surface area (Å²) in [5.41, 5.74) is 0.601. The van der Waals surface area contributed by atoms with Crippen LogP contribution in [0.3, 0.4) is 0 Å². The Balaban J connectivity index is 1.87. The maximum atomic E-state index is 12.2. The maximum Gasteiger partial charge on any atom is 0.264 e. The van der Waals surface area contributed by atoms with E-state index < -0.39 is 0 Å². The van der Waals surface area contributed by atoms with Gasteiger partial charge < -0.3 is 10.2 Å². The van der Waals surface area contributed by atoms with Gasteiger partial charge in [0.15, 0.2) is 5.65 Å². The van der Waals surface area contributed by atoms with E-state index in [-0.39, 0.29) is 5.56 Å². The highest BCUT2D eigenvalue weighted by Gasteiger charge is 2.07. The van der Waals surface area contributed by atoms with Crippen LogP contribution in [0.25, 0.3) is 11.0 Å². The summed E-state index contributed by atoms with van der Waals surface area (Å²) in [5.74, 6) is 0. The van der Waals surface area contributed by atoms with Crippen molar-refractivity contribution in [2.45, 2.75) is 20.4 Å². The Hall–Kier alpha value is -1.73. The van der Waals surface area contributed by atoms with E-state index in [1.807, 2.05) is 0 Å². The lowest BCUT2D eigenvalue weighted by atomic mass is 10.4. The predicted molar refractivity (Wildman–Crippen MR) is 83.4 cm³/mol. The molecule has 21 heavy (non-hydrogen) atoms. The van der Waals surface area contributed by atoms with Crippen molar-refractivity contribution < 1.29 is 0 Å². The molecule has 0 amide bonds. The fraction of sp³-hybridized carbons (Fsp3) is 0.643. The van der Waals surface area contributed by atoms with Gasteiger partial charge in [-0.05, 0) is 13.1 Å². The van der Waals surface area contributed by atoms with Crippen molar-refractivity contribution >= 4 is 11.0 Å². The molecule has 0 atom stereocenters. The summed E-state index contributed by atoms with van der Waals surface area (Å²) in [4.78, 5) is 18.9. The first-order chi connectivity index (χ1) is 10.2. The molecule has 0 aromatic carbocycles. The molecule has 7 heteroatoms. The lowest BCUT2D eigenvalue weighted by molar-refractivity contribution is 0.302. The summed E-state index contributed by atoms with van der Waals surface area (Å²) in [7, 11) is 1.79. The van der Waals surface area contributed by atoms with E-state index in [1.54, 1.807) is 28.8 Å². The van der Waals surface area contributed by atoms with Crippen LogP contribution >= 0.6 is 0 Å². The lowest BCUT2D eigenvalue weighted by Crippen LogP contribution is -2.34.